The lowest BCUT2D eigenvalue weighted by Gasteiger charge is -2.10. The SMILES string of the molecule is C=C(C)CNC(C)c1nc2ccccc2s1. The minimum Gasteiger partial charge on any atom is -0.304 e. The lowest BCUT2D eigenvalue weighted by atomic mass is 10.3. The summed E-state index contributed by atoms with van der Waals surface area (Å²) in [5.41, 5.74) is 2.24. The van der Waals surface area contributed by atoms with Crippen molar-refractivity contribution in [3.63, 3.8) is 0 Å². The molecule has 1 N–H and O–H groups in total. The lowest BCUT2D eigenvalue weighted by molar-refractivity contribution is 0.605. The Morgan fingerprint density at radius 1 is 1.50 bits per heavy atom. The number of hydrogen-bond donors (Lipinski definition) is 1. The summed E-state index contributed by atoms with van der Waals surface area (Å²) in [6, 6.07) is 8.53. The largest absolute Gasteiger partial charge is 0.304 e. The number of fused-ring (bicyclic) bond motifs is 1. The average Bonchev–Trinajstić information content (AvgIpc) is 2.69. The first-order chi connectivity index (χ1) is 7.66. The van der Waals surface area contributed by atoms with Gasteiger partial charge in [-0.3, -0.25) is 0 Å². The number of nitrogens with zero attached hydrogens (tertiary/aromatic N) is 1. The lowest BCUT2D eigenvalue weighted by Crippen LogP contribution is -2.20. The van der Waals surface area contributed by atoms with E-state index in [9.17, 15) is 0 Å². The van der Waals surface area contributed by atoms with E-state index in [-0.39, 0.29) is 6.04 Å². The summed E-state index contributed by atoms with van der Waals surface area (Å²) in [5.74, 6) is 0. The van der Waals surface area contributed by atoms with Crippen LogP contribution in [0.15, 0.2) is 36.4 Å². The van der Waals surface area contributed by atoms with Gasteiger partial charge in [0.05, 0.1) is 16.3 Å². The van der Waals surface area contributed by atoms with Crippen molar-refractivity contribution in [3.8, 4) is 0 Å². The van der Waals surface area contributed by atoms with Crippen LogP contribution in [0.5, 0.6) is 0 Å². The van der Waals surface area contributed by atoms with Crippen molar-refractivity contribution >= 4 is 21.6 Å². The molecule has 2 nitrogen and oxygen atoms in total. The van der Waals surface area contributed by atoms with Crippen LogP contribution in [0.1, 0.15) is 24.9 Å². The number of benzene rings is 1. The highest BCUT2D eigenvalue weighted by molar-refractivity contribution is 7.18. The zero-order valence-electron chi connectivity index (χ0n) is 9.66. The molecule has 0 spiro atoms. The Bertz CT molecular complexity index is 468. The number of nitrogens with one attached hydrogen (secondary N) is 1. The second kappa shape index (κ2) is 4.76. The van der Waals surface area contributed by atoms with Gasteiger partial charge in [0.2, 0.25) is 0 Å². The Kier molecular flexibility index (Phi) is 3.36. The molecule has 0 radical (unpaired) electrons. The molecule has 0 aliphatic heterocycles. The predicted octanol–water partition coefficient (Wildman–Crippen LogP) is 3.52. The van der Waals surface area contributed by atoms with Gasteiger partial charge in [-0.15, -0.1) is 11.3 Å². The van der Waals surface area contributed by atoms with Crippen molar-refractivity contribution < 1.29 is 0 Å². The van der Waals surface area contributed by atoms with Crippen LogP contribution >= 0.6 is 11.3 Å². The minimum atomic E-state index is 0.286. The Labute approximate surface area is 100 Å². The number of rotatable bonds is 4. The highest BCUT2D eigenvalue weighted by Crippen LogP contribution is 2.25. The van der Waals surface area contributed by atoms with Crippen LogP contribution in [0.4, 0.5) is 0 Å². The number of thiazole rings is 1. The quantitative estimate of drug-likeness (QED) is 0.816. The molecule has 1 heterocycles. The first-order valence-corrected chi connectivity index (χ1v) is 6.21. The molecule has 0 amide bonds. The highest BCUT2D eigenvalue weighted by atomic mass is 32.1. The van der Waals surface area contributed by atoms with Crippen molar-refractivity contribution in [2.24, 2.45) is 0 Å². The van der Waals surface area contributed by atoms with Crippen LogP contribution in [0, 0.1) is 0 Å². The second-order valence-electron chi connectivity index (χ2n) is 4.08. The molecular weight excluding hydrogens is 216 g/mol. The Hall–Kier alpha value is -1.19. The number of aromatic nitrogens is 1. The first-order valence-electron chi connectivity index (χ1n) is 5.40. The molecule has 84 valence electrons. The van der Waals surface area contributed by atoms with Crippen LogP contribution in [0.25, 0.3) is 10.2 Å². The van der Waals surface area contributed by atoms with Crippen LogP contribution < -0.4 is 5.32 Å². The molecule has 0 aliphatic carbocycles. The predicted molar refractivity (Wildman–Crippen MR) is 70.9 cm³/mol. The van der Waals surface area contributed by atoms with E-state index in [0.29, 0.717) is 0 Å². The van der Waals surface area contributed by atoms with E-state index in [0.717, 1.165) is 22.6 Å². The smallest absolute Gasteiger partial charge is 0.111 e. The summed E-state index contributed by atoms with van der Waals surface area (Å²) in [7, 11) is 0. The molecule has 16 heavy (non-hydrogen) atoms. The summed E-state index contributed by atoms with van der Waals surface area (Å²) >= 11 is 1.75. The van der Waals surface area contributed by atoms with Gasteiger partial charge in [0.25, 0.3) is 0 Å². The third kappa shape index (κ3) is 2.49. The molecule has 0 aliphatic rings. The maximum atomic E-state index is 4.62. The summed E-state index contributed by atoms with van der Waals surface area (Å²) in [6.45, 7) is 8.89. The van der Waals surface area contributed by atoms with E-state index in [2.05, 4.69) is 42.0 Å². The zero-order valence-corrected chi connectivity index (χ0v) is 10.5. The van der Waals surface area contributed by atoms with Crippen molar-refractivity contribution in [2.45, 2.75) is 19.9 Å². The van der Waals surface area contributed by atoms with Gasteiger partial charge in [0, 0.05) is 6.54 Å². The van der Waals surface area contributed by atoms with Gasteiger partial charge in [-0.1, -0.05) is 24.3 Å². The third-order valence-corrected chi connectivity index (χ3v) is 3.61. The van der Waals surface area contributed by atoms with Gasteiger partial charge in [-0.05, 0) is 26.0 Å². The summed E-state index contributed by atoms with van der Waals surface area (Å²) in [4.78, 5) is 4.62. The summed E-state index contributed by atoms with van der Waals surface area (Å²) in [5, 5.41) is 4.55. The monoisotopic (exact) mass is 232 g/mol. The Balaban J connectivity index is 2.16. The highest BCUT2D eigenvalue weighted by Gasteiger charge is 2.10. The van der Waals surface area contributed by atoms with E-state index < -0.39 is 0 Å². The number of para-hydroxylation sites is 1. The van der Waals surface area contributed by atoms with E-state index in [1.165, 1.54) is 4.70 Å². The van der Waals surface area contributed by atoms with Crippen LogP contribution in [0.2, 0.25) is 0 Å². The minimum absolute atomic E-state index is 0.286. The molecule has 1 atom stereocenters. The van der Waals surface area contributed by atoms with Crippen LogP contribution in [0.3, 0.4) is 0 Å². The standard InChI is InChI=1S/C13H16N2S/c1-9(2)8-14-10(3)13-15-11-6-4-5-7-12(11)16-13/h4-7,10,14H,1,8H2,2-3H3. The van der Waals surface area contributed by atoms with E-state index in [1.807, 2.05) is 13.0 Å². The molecule has 0 saturated carbocycles. The second-order valence-corrected chi connectivity index (χ2v) is 5.14. The molecule has 0 fully saturated rings. The van der Waals surface area contributed by atoms with Gasteiger partial charge in [-0.2, -0.15) is 0 Å². The fourth-order valence-electron chi connectivity index (χ4n) is 1.49. The molecule has 2 rings (SSSR count). The summed E-state index contributed by atoms with van der Waals surface area (Å²) in [6.07, 6.45) is 0. The normalized spacial score (nSPS) is 12.9. The molecule has 0 bridgehead atoms. The molecule has 3 heteroatoms. The van der Waals surface area contributed by atoms with Crippen LogP contribution in [-0.2, 0) is 0 Å². The molecular formula is C13H16N2S. The molecule has 1 aromatic carbocycles. The van der Waals surface area contributed by atoms with Crippen molar-refractivity contribution in [1.82, 2.24) is 10.3 Å². The Morgan fingerprint density at radius 2 is 2.25 bits per heavy atom. The summed E-state index contributed by atoms with van der Waals surface area (Å²) < 4.78 is 1.25. The van der Waals surface area contributed by atoms with E-state index in [4.69, 9.17) is 0 Å². The van der Waals surface area contributed by atoms with Gasteiger partial charge in [-0.25, -0.2) is 4.98 Å². The third-order valence-electron chi connectivity index (χ3n) is 2.39. The maximum Gasteiger partial charge on any atom is 0.111 e. The van der Waals surface area contributed by atoms with Gasteiger partial charge in [0.1, 0.15) is 5.01 Å². The van der Waals surface area contributed by atoms with E-state index >= 15 is 0 Å². The first kappa shape index (κ1) is 11.3. The van der Waals surface area contributed by atoms with Gasteiger partial charge >= 0.3 is 0 Å². The molecule has 1 aromatic heterocycles. The molecule has 1 unspecified atom stereocenters. The zero-order chi connectivity index (χ0) is 11.5. The average molecular weight is 232 g/mol. The van der Waals surface area contributed by atoms with Crippen LogP contribution in [-0.4, -0.2) is 11.5 Å². The van der Waals surface area contributed by atoms with Gasteiger partial charge in [0.15, 0.2) is 0 Å². The number of hydrogen-bond acceptors (Lipinski definition) is 3. The Morgan fingerprint density at radius 3 is 2.94 bits per heavy atom. The topological polar surface area (TPSA) is 24.9 Å². The fraction of sp³-hybridized carbons (Fsp3) is 0.308. The fourth-order valence-corrected chi connectivity index (χ4v) is 2.48. The molecule has 0 saturated heterocycles. The van der Waals surface area contributed by atoms with Gasteiger partial charge < -0.3 is 5.32 Å². The van der Waals surface area contributed by atoms with Crippen molar-refractivity contribution in [1.29, 1.82) is 0 Å². The van der Waals surface area contributed by atoms with Crippen molar-refractivity contribution in [3.05, 3.63) is 41.4 Å². The maximum absolute atomic E-state index is 4.62. The van der Waals surface area contributed by atoms with E-state index in [1.54, 1.807) is 11.3 Å². The molecule has 2 aromatic rings. The van der Waals surface area contributed by atoms with Crippen molar-refractivity contribution in [2.75, 3.05) is 6.54 Å².